The van der Waals surface area contributed by atoms with Crippen LogP contribution in [0.1, 0.15) is 32.0 Å². The van der Waals surface area contributed by atoms with Crippen molar-refractivity contribution in [2.75, 3.05) is 0 Å². The van der Waals surface area contributed by atoms with Gasteiger partial charge in [-0.1, -0.05) is 32.4 Å². The van der Waals surface area contributed by atoms with Crippen molar-refractivity contribution in [3.63, 3.8) is 0 Å². The molecular formula is C12H14Cl2N4. The molecule has 2 aromatic heterocycles. The Bertz CT molecular complexity index is 543. The molecule has 4 nitrogen and oxygen atoms in total. The summed E-state index contributed by atoms with van der Waals surface area (Å²) >= 11 is 12.3. The second-order valence-corrected chi connectivity index (χ2v) is 5.59. The molecule has 18 heavy (non-hydrogen) atoms. The number of hydrogen-bond donors (Lipinski definition) is 0. The normalized spacial score (nSPS) is 11.8. The maximum absolute atomic E-state index is 6.31. The molecule has 2 heterocycles. The Morgan fingerprint density at radius 1 is 1.22 bits per heavy atom. The fourth-order valence-electron chi connectivity index (χ4n) is 1.68. The summed E-state index contributed by atoms with van der Waals surface area (Å²) in [7, 11) is 0. The quantitative estimate of drug-likeness (QED) is 0.795. The summed E-state index contributed by atoms with van der Waals surface area (Å²) < 4.78 is 1.53. The molecule has 0 saturated carbocycles. The fraction of sp³-hybridized carbons (Fsp3) is 0.417. The first kappa shape index (κ1) is 13.3. The zero-order valence-electron chi connectivity index (χ0n) is 10.5. The summed E-state index contributed by atoms with van der Waals surface area (Å²) in [5.74, 6) is 0.766. The molecule has 0 fully saturated rings. The number of aromatic nitrogens is 4. The minimum Gasteiger partial charge on any atom is -0.220 e. The zero-order valence-corrected chi connectivity index (χ0v) is 12.0. The lowest BCUT2D eigenvalue weighted by atomic mass is 9.90. The highest BCUT2D eigenvalue weighted by Crippen LogP contribution is 2.31. The number of nitrogens with zero attached hydrogens (tertiary/aromatic N) is 4. The van der Waals surface area contributed by atoms with E-state index in [0.717, 1.165) is 11.3 Å². The standard InChI is InChI=1S/C12H14Cl2N4/c1-12(2,3)9-8(7-13)10(14)18(17-9)11-15-5-4-6-16-11/h4-6H,7H2,1-3H3. The number of hydrogen-bond acceptors (Lipinski definition) is 3. The van der Waals surface area contributed by atoms with Gasteiger partial charge in [-0.3, -0.25) is 0 Å². The van der Waals surface area contributed by atoms with Crippen LogP contribution < -0.4 is 0 Å². The first-order valence-corrected chi connectivity index (χ1v) is 6.47. The summed E-state index contributed by atoms with van der Waals surface area (Å²) in [5.41, 5.74) is 1.57. The lowest BCUT2D eigenvalue weighted by molar-refractivity contribution is 0.555. The molecule has 0 amide bonds. The van der Waals surface area contributed by atoms with Gasteiger partial charge in [0.1, 0.15) is 5.15 Å². The van der Waals surface area contributed by atoms with Crippen molar-refractivity contribution in [1.82, 2.24) is 19.7 Å². The smallest absolute Gasteiger partial charge is 0.220 e. The van der Waals surface area contributed by atoms with Gasteiger partial charge in [-0.2, -0.15) is 9.78 Å². The van der Waals surface area contributed by atoms with Gasteiger partial charge in [-0.05, 0) is 6.07 Å². The second kappa shape index (κ2) is 4.86. The molecule has 0 bridgehead atoms. The van der Waals surface area contributed by atoms with Gasteiger partial charge in [-0.25, -0.2) is 9.97 Å². The molecule has 0 aromatic carbocycles. The van der Waals surface area contributed by atoms with Gasteiger partial charge in [0.15, 0.2) is 0 Å². The Hall–Kier alpha value is -1.13. The number of rotatable bonds is 2. The number of alkyl halides is 1. The summed E-state index contributed by atoms with van der Waals surface area (Å²) in [4.78, 5) is 8.28. The summed E-state index contributed by atoms with van der Waals surface area (Å²) in [5, 5.41) is 4.97. The Kier molecular flexibility index (Phi) is 3.59. The van der Waals surface area contributed by atoms with E-state index in [1.165, 1.54) is 4.68 Å². The Morgan fingerprint density at radius 3 is 2.28 bits per heavy atom. The van der Waals surface area contributed by atoms with E-state index in [0.29, 0.717) is 17.0 Å². The van der Waals surface area contributed by atoms with Crippen LogP contribution in [0, 0.1) is 0 Å². The molecule has 2 rings (SSSR count). The van der Waals surface area contributed by atoms with Crippen LogP contribution in [0.5, 0.6) is 0 Å². The van der Waals surface area contributed by atoms with E-state index in [1.807, 2.05) is 0 Å². The van der Waals surface area contributed by atoms with Gasteiger partial charge in [-0.15, -0.1) is 11.6 Å². The van der Waals surface area contributed by atoms with Crippen LogP contribution in [0.25, 0.3) is 5.95 Å². The van der Waals surface area contributed by atoms with Crippen LogP contribution in [-0.2, 0) is 11.3 Å². The minimum atomic E-state index is -0.131. The molecule has 0 aliphatic rings. The molecule has 0 unspecified atom stereocenters. The average molecular weight is 285 g/mol. The molecule has 2 aromatic rings. The first-order chi connectivity index (χ1) is 8.45. The van der Waals surface area contributed by atoms with E-state index in [9.17, 15) is 0 Å². The van der Waals surface area contributed by atoms with Crippen molar-refractivity contribution in [3.05, 3.63) is 34.9 Å². The van der Waals surface area contributed by atoms with Gasteiger partial charge in [0, 0.05) is 23.4 Å². The lowest BCUT2D eigenvalue weighted by Crippen LogP contribution is -2.14. The molecule has 0 aliphatic heterocycles. The third-order valence-electron chi connectivity index (χ3n) is 2.51. The van der Waals surface area contributed by atoms with Gasteiger partial charge < -0.3 is 0 Å². The van der Waals surface area contributed by atoms with Crippen molar-refractivity contribution in [3.8, 4) is 5.95 Å². The van der Waals surface area contributed by atoms with E-state index >= 15 is 0 Å². The molecule has 6 heteroatoms. The van der Waals surface area contributed by atoms with E-state index in [4.69, 9.17) is 23.2 Å². The lowest BCUT2D eigenvalue weighted by Gasteiger charge is -2.16. The van der Waals surface area contributed by atoms with Crippen LogP contribution >= 0.6 is 23.2 Å². The van der Waals surface area contributed by atoms with Crippen molar-refractivity contribution < 1.29 is 0 Å². The topological polar surface area (TPSA) is 43.6 Å². The zero-order chi connectivity index (χ0) is 13.3. The van der Waals surface area contributed by atoms with Gasteiger partial charge in [0.05, 0.1) is 11.6 Å². The van der Waals surface area contributed by atoms with Crippen molar-refractivity contribution in [2.24, 2.45) is 0 Å². The molecule has 96 valence electrons. The van der Waals surface area contributed by atoms with Crippen molar-refractivity contribution >= 4 is 23.2 Å². The van der Waals surface area contributed by atoms with E-state index in [1.54, 1.807) is 18.5 Å². The van der Waals surface area contributed by atoms with Crippen LogP contribution in [0.4, 0.5) is 0 Å². The van der Waals surface area contributed by atoms with Crippen LogP contribution in [-0.4, -0.2) is 19.7 Å². The van der Waals surface area contributed by atoms with Gasteiger partial charge in [0.25, 0.3) is 5.95 Å². The average Bonchev–Trinajstić information content (AvgIpc) is 2.67. The Morgan fingerprint density at radius 2 is 1.83 bits per heavy atom. The maximum Gasteiger partial charge on any atom is 0.251 e. The van der Waals surface area contributed by atoms with E-state index in [-0.39, 0.29) is 5.41 Å². The monoisotopic (exact) mass is 284 g/mol. The molecule has 0 radical (unpaired) electrons. The molecular weight excluding hydrogens is 271 g/mol. The Balaban J connectivity index is 2.61. The molecule has 0 N–H and O–H groups in total. The van der Waals surface area contributed by atoms with Gasteiger partial charge >= 0.3 is 0 Å². The van der Waals surface area contributed by atoms with Crippen molar-refractivity contribution in [1.29, 1.82) is 0 Å². The first-order valence-electron chi connectivity index (χ1n) is 5.56. The van der Waals surface area contributed by atoms with Crippen LogP contribution in [0.15, 0.2) is 18.5 Å². The maximum atomic E-state index is 6.31. The third-order valence-corrected chi connectivity index (χ3v) is 3.16. The van der Waals surface area contributed by atoms with Crippen LogP contribution in [0.2, 0.25) is 5.15 Å². The molecule has 0 aliphatic carbocycles. The summed E-state index contributed by atoms with van der Waals surface area (Å²) in [6, 6.07) is 1.74. The highest BCUT2D eigenvalue weighted by Gasteiger charge is 2.26. The largest absolute Gasteiger partial charge is 0.251 e. The molecule has 0 spiro atoms. The molecule has 0 atom stereocenters. The fourth-order valence-corrected chi connectivity index (χ4v) is 2.28. The minimum absolute atomic E-state index is 0.131. The van der Waals surface area contributed by atoms with Crippen molar-refractivity contribution in [2.45, 2.75) is 32.1 Å². The van der Waals surface area contributed by atoms with Gasteiger partial charge in [0.2, 0.25) is 0 Å². The van der Waals surface area contributed by atoms with Crippen LogP contribution in [0.3, 0.4) is 0 Å². The predicted octanol–water partition coefficient (Wildman–Crippen LogP) is 3.35. The third kappa shape index (κ3) is 2.35. The summed E-state index contributed by atoms with van der Waals surface area (Å²) in [6.07, 6.45) is 3.30. The second-order valence-electron chi connectivity index (χ2n) is 4.96. The highest BCUT2D eigenvalue weighted by atomic mass is 35.5. The van der Waals surface area contributed by atoms with E-state index < -0.39 is 0 Å². The summed E-state index contributed by atoms with van der Waals surface area (Å²) in [6.45, 7) is 6.20. The highest BCUT2D eigenvalue weighted by molar-refractivity contribution is 6.31. The predicted molar refractivity (Wildman–Crippen MR) is 72.4 cm³/mol. The Labute approximate surface area is 116 Å². The van der Waals surface area contributed by atoms with E-state index in [2.05, 4.69) is 35.8 Å². The number of halogens is 2. The molecule has 0 saturated heterocycles. The SMILES string of the molecule is CC(C)(C)c1nn(-c2ncccn2)c(Cl)c1CCl.